The van der Waals surface area contributed by atoms with E-state index in [0.717, 1.165) is 24.3 Å². The number of para-hydroxylation sites is 1. The molecule has 0 aliphatic heterocycles. The molecule has 0 bridgehead atoms. The Balaban J connectivity index is 2.29. The summed E-state index contributed by atoms with van der Waals surface area (Å²) in [5.41, 5.74) is 3.68. The van der Waals surface area contributed by atoms with Gasteiger partial charge in [-0.25, -0.2) is 0 Å². The number of benzene rings is 2. The van der Waals surface area contributed by atoms with Crippen LogP contribution >= 0.6 is 0 Å². The highest BCUT2D eigenvalue weighted by Gasteiger charge is 2.09. The minimum Gasteiger partial charge on any atom is -0.493 e. The van der Waals surface area contributed by atoms with Crippen LogP contribution in [0.15, 0.2) is 48.5 Å². The average Bonchev–Trinajstić information content (AvgIpc) is 2.53. The number of nitrogens with one attached hydrogen (secondary N) is 1. The fourth-order valence-corrected chi connectivity index (χ4v) is 2.44. The quantitative estimate of drug-likeness (QED) is 0.787. The Morgan fingerprint density at radius 2 is 1.86 bits per heavy atom. The third-order valence-electron chi connectivity index (χ3n) is 3.59. The minimum absolute atomic E-state index is 0.365. The molecule has 0 heterocycles. The van der Waals surface area contributed by atoms with Gasteiger partial charge in [-0.1, -0.05) is 43.3 Å². The summed E-state index contributed by atoms with van der Waals surface area (Å²) in [7, 11) is 0. The molecule has 2 rings (SSSR count). The summed E-state index contributed by atoms with van der Waals surface area (Å²) in [4.78, 5) is 0. The summed E-state index contributed by atoms with van der Waals surface area (Å²) in [5, 5.41) is 3.54. The molecule has 2 aromatic rings. The highest BCUT2D eigenvalue weighted by Crippen LogP contribution is 2.31. The molecular weight excluding hydrogens is 258 g/mol. The average molecular weight is 283 g/mol. The lowest BCUT2D eigenvalue weighted by Crippen LogP contribution is -2.19. The van der Waals surface area contributed by atoms with Crippen molar-refractivity contribution in [1.29, 1.82) is 0 Å². The van der Waals surface area contributed by atoms with Crippen molar-refractivity contribution < 1.29 is 4.74 Å². The summed E-state index contributed by atoms with van der Waals surface area (Å²) in [6.45, 7) is 8.15. The molecule has 0 aliphatic rings. The summed E-state index contributed by atoms with van der Waals surface area (Å²) < 4.78 is 5.74. The maximum atomic E-state index is 5.74. The second-order valence-electron chi connectivity index (χ2n) is 5.23. The maximum absolute atomic E-state index is 5.74. The van der Waals surface area contributed by atoms with E-state index < -0.39 is 0 Å². The first-order valence-electron chi connectivity index (χ1n) is 7.81. The van der Waals surface area contributed by atoms with Crippen molar-refractivity contribution in [2.24, 2.45) is 0 Å². The van der Waals surface area contributed by atoms with Gasteiger partial charge < -0.3 is 10.1 Å². The SMILES string of the molecule is CCCNC(C)c1cccc(-c2ccccc2OCC)c1. The minimum atomic E-state index is 0.365. The molecule has 0 fully saturated rings. The Morgan fingerprint density at radius 3 is 2.62 bits per heavy atom. The van der Waals surface area contributed by atoms with Crippen LogP contribution in [0.3, 0.4) is 0 Å². The van der Waals surface area contributed by atoms with Crippen LogP contribution in [-0.4, -0.2) is 13.2 Å². The van der Waals surface area contributed by atoms with Crippen molar-refractivity contribution in [1.82, 2.24) is 5.32 Å². The summed E-state index contributed by atoms with van der Waals surface area (Å²) in [6.07, 6.45) is 1.15. The molecule has 0 saturated carbocycles. The van der Waals surface area contributed by atoms with E-state index in [1.54, 1.807) is 0 Å². The molecule has 2 nitrogen and oxygen atoms in total. The first-order chi connectivity index (χ1) is 10.3. The van der Waals surface area contributed by atoms with Crippen LogP contribution in [0, 0.1) is 0 Å². The van der Waals surface area contributed by atoms with Gasteiger partial charge in [0.25, 0.3) is 0 Å². The molecule has 0 radical (unpaired) electrons. The number of rotatable bonds is 7. The third kappa shape index (κ3) is 4.08. The molecule has 0 saturated heterocycles. The van der Waals surface area contributed by atoms with Crippen LogP contribution in [0.1, 0.15) is 38.8 Å². The molecule has 1 unspecified atom stereocenters. The first kappa shape index (κ1) is 15.6. The molecule has 2 heteroatoms. The van der Waals surface area contributed by atoms with Crippen LogP contribution in [0.25, 0.3) is 11.1 Å². The predicted octanol–water partition coefficient (Wildman–Crippen LogP) is 4.81. The van der Waals surface area contributed by atoms with Crippen molar-refractivity contribution in [3.63, 3.8) is 0 Å². The van der Waals surface area contributed by atoms with E-state index in [1.807, 2.05) is 19.1 Å². The lowest BCUT2D eigenvalue weighted by atomic mass is 9.99. The van der Waals surface area contributed by atoms with Gasteiger partial charge in [0.2, 0.25) is 0 Å². The van der Waals surface area contributed by atoms with E-state index in [-0.39, 0.29) is 0 Å². The summed E-state index contributed by atoms with van der Waals surface area (Å²) in [5.74, 6) is 0.950. The monoisotopic (exact) mass is 283 g/mol. The van der Waals surface area contributed by atoms with E-state index in [0.29, 0.717) is 12.6 Å². The standard InChI is InChI=1S/C19H25NO/c1-4-13-20-15(3)16-9-8-10-17(14-16)18-11-6-7-12-19(18)21-5-2/h6-12,14-15,20H,4-5,13H2,1-3H3. The molecule has 112 valence electrons. The molecule has 0 aromatic heterocycles. The zero-order chi connectivity index (χ0) is 15.1. The van der Waals surface area contributed by atoms with Gasteiger partial charge in [-0.2, -0.15) is 0 Å². The largest absolute Gasteiger partial charge is 0.493 e. The number of hydrogen-bond donors (Lipinski definition) is 1. The van der Waals surface area contributed by atoms with Gasteiger partial charge in [0.05, 0.1) is 6.61 Å². The predicted molar refractivity (Wildman–Crippen MR) is 89.8 cm³/mol. The maximum Gasteiger partial charge on any atom is 0.127 e. The van der Waals surface area contributed by atoms with Crippen molar-refractivity contribution in [2.75, 3.05) is 13.2 Å². The molecule has 21 heavy (non-hydrogen) atoms. The van der Waals surface area contributed by atoms with Crippen LogP contribution in [0.4, 0.5) is 0 Å². The van der Waals surface area contributed by atoms with Crippen molar-refractivity contribution in [2.45, 2.75) is 33.2 Å². The normalized spacial score (nSPS) is 12.1. The molecule has 0 spiro atoms. The van der Waals surface area contributed by atoms with E-state index in [2.05, 4.69) is 55.6 Å². The Hall–Kier alpha value is -1.80. The van der Waals surface area contributed by atoms with Crippen LogP contribution in [0.2, 0.25) is 0 Å². The van der Waals surface area contributed by atoms with Gasteiger partial charge >= 0.3 is 0 Å². The van der Waals surface area contributed by atoms with Crippen LogP contribution in [0.5, 0.6) is 5.75 Å². The van der Waals surface area contributed by atoms with Crippen LogP contribution < -0.4 is 10.1 Å². The highest BCUT2D eigenvalue weighted by molar-refractivity contribution is 5.71. The Labute approximate surface area is 128 Å². The smallest absolute Gasteiger partial charge is 0.127 e. The van der Waals surface area contributed by atoms with Crippen molar-refractivity contribution in [3.05, 3.63) is 54.1 Å². The van der Waals surface area contributed by atoms with Gasteiger partial charge in [0, 0.05) is 11.6 Å². The first-order valence-corrected chi connectivity index (χ1v) is 7.81. The zero-order valence-corrected chi connectivity index (χ0v) is 13.2. The van der Waals surface area contributed by atoms with E-state index in [4.69, 9.17) is 4.74 Å². The van der Waals surface area contributed by atoms with Gasteiger partial charge in [-0.3, -0.25) is 0 Å². The number of ether oxygens (including phenoxy) is 1. The molecule has 1 atom stereocenters. The summed E-state index contributed by atoms with van der Waals surface area (Å²) in [6, 6.07) is 17.3. The van der Waals surface area contributed by atoms with Crippen molar-refractivity contribution in [3.8, 4) is 16.9 Å². The molecule has 2 aromatic carbocycles. The lowest BCUT2D eigenvalue weighted by Gasteiger charge is -2.16. The molecule has 0 aliphatic carbocycles. The van der Waals surface area contributed by atoms with E-state index in [1.165, 1.54) is 11.1 Å². The van der Waals surface area contributed by atoms with Crippen molar-refractivity contribution >= 4 is 0 Å². The van der Waals surface area contributed by atoms with Gasteiger partial charge in [0.1, 0.15) is 5.75 Å². The van der Waals surface area contributed by atoms with Gasteiger partial charge in [-0.15, -0.1) is 0 Å². The Morgan fingerprint density at radius 1 is 1.05 bits per heavy atom. The second kappa shape index (κ2) is 7.84. The second-order valence-corrected chi connectivity index (χ2v) is 5.23. The fourth-order valence-electron chi connectivity index (χ4n) is 2.44. The van der Waals surface area contributed by atoms with Crippen LogP contribution in [-0.2, 0) is 0 Å². The molecule has 1 N–H and O–H groups in total. The zero-order valence-electron chi connectivity index (χ0n) is 13.2. The molecule has 0 amide bonds. The van der Waals surface area contributed by atoms with Gasteiger partial charge in [0.15, 0.2) is 0 Å². The van der Waals surface area contributed by atoms with Gasteiger partial charge in [-0.05, 0) is 50.1 Å². The fraction of sp³-hybridized carbons (Fsp3) is 0.368. The number of hydrogen-bond acceptors (Lipinski definition) is 2. The van der Waals surface area contributed by atoms with E-state index >= 15 is 0 Å². The van der Waals surface area contributed by atoms with E-state index in [9.17, 15) is 0 Å². The summed E-state index contributed by atoms with van der Waals surface area (Å²) >= 11 is 0. The highest BCUT2D eigenvalue weighted by atomic mass is 16.5. The molecular formula is C19H25NO. The Bertz CT molecular complexity index is 565. The lowest BCUT2D eigenvalue weighted by molar-refractivity contribution is 0.341. The third-order valence-corrected chi connectivity index (χ3v) is 3.59. The Kier molecular flexibility index (Phi) is 5.82. The topological polar surface area (TPSA) is 21.3 Å².